The van der Waals surface area contributed by atoms with Gasteiger partial charge in [0, 0.05) is 17.7 Å². The lowest BCUT2D eigenvalue weighted by Crippen LogP contribution is -2.46. The highest BCUT2D eigenvalue weighted by atomic mass is 32.1. The molecule has 3 aliphatic rings. The lowest BCUT2D eigenvalue weighted by molar-refractivity contribution is -0.154. The van der Waals surface area contributed by atoms with Crippen molar-refractivity contribution in [1.29, 1.82) is 0 Å². The molecule has 1 aromatic rings. The molecule has 0 spiro atoms. The van der Waals surface area contributed by atoms with Crippen molar-refractivity contribution in [3.05, 3.63) is 21.7 Å². The second kappa shape index (κ2) is 9.93. The van der Waals surface area contributed by atoms with Crippen LogP contribution in [0, 0.1) is 36.0 Å². The molecule has 36 heavy (non-hydrogen) atoms. The van der Waals surface area contributed by atoms with Gasteiger partial charge in [-0.15, -0.1) is 11.3 Å². The summed E-state index contributed by atoms with van der Waals surface area (Å²) in [6, 6.07) is 0. The van der Waals surface area contributed by atoms with Crippen molar-refractivity contribution >= 4 is 29.2 Å². The van der Waals surface area contributed by atoms with E-state index in [0.29, 0.717) is 18.3 Å². The molecule has 0 amide bonds. The molecule has 1 aromatic heterocycles. The van der Waals surface area contributed by atoms with Gasteiger partial charge in [0.2, 0.25) is 0 Å². The second-order valence-corrected chi connectivity index (χ2v) is 13.2. The van der Waals surface area contributed by atoms with Crippen LogP contribution in [0.15, 0.2) is 11.0 Å². The number of ether oxygens (including phenoxy) is 2. The molecule has 0 bridgehead atoms. The highest BCUT2D eigenvalue weighted by molar-refractivity contribution is 7.09. The van der Waals surface area contributed by atoms with Crippen molar-refractivity contribution in [3.8, 4) is 0 Å². The monoisotopic (exact) mass is 519 g/mol. The van der Waals surface area contributed by atoms with Crippen LogP contribution in [0.25, 0.3) is 6.08 Å². The summed E-state index contributed by atoms with van der Waals surface area (Å²) in [7, 11) is 0. The maximum Gasteiger partial charge on any atom is 0.309 e. The normalized spacial score (nSPS) is 41.8. The average Bonchev–Trinajstić information content (AvgIpc) is 3.66. The van der Waals surface area contributed by atoms with Crippen LogP contribution in [0.4, 0.5) is 0 Å². The van der Waals surface area contributed by atoms with Crippen molar-refractivity contribution in [1.82, 2.24) is 4.98 Å². The Kier molecular flexibility index (Phi) is 7.57. The molecule has 2 saturated heterocycles. The molecule has 7 nitrogen and oxygen atoms in total. The topological polar surface area (TPSA) is 109 Å². The Morgan fingerprint density at radius 1 is 1.19 bits per heavy atom. The Bertz CT molecular complexity index is 1030. The molecule has 200 valence electrons. The number of ketones is 1. The highest BCUT2D eigenvalue weighted by Crippen LogP contribution is 2.56. The molecule has 3 fully saturated rings. The molecular weight excluding hydrogens is 478 g/mol. The number of carbonyl (C=O) groups is 2. The smallest absolute Gasteiger partial charge is 0.309 e. The lowest BCUT2D eigenvalue weighted by Gasteiger charge is -2.34. The summed E-state index contributed by atoms with van der Waals surface area (Å²) in [5.74, 6) is -0.686. The van der Waals surface area contributed by atoms with Gasteiger partial charge >= 0.3 is 5.97 Å². The minimum atomic E-state index is -1.22. The zero-order chi connectivity index (χ0) is 26.6. The second-order valence-electron chi connectivity index (χ2n) is 12.1. The summed E-state index contributed by atoms with van der Waals surface area (Å²) in [6.07, 6.45) is 1.49. The number of Topliss-reactive ketones (excluding diaryl/α,β-unsaturated/α-hetero) is 1. The van der Waals surface area contributed by atoms with Gasteiger partial charge in [-0.2, -0.15) is 0 Å². The number of carbonyl (C=O) groups excluding carboxylic acids is 2. The highest BCUT2D eigenvalue weighted by Gasteiger charge is 2.58. The summed E-state index contributed by atoms with van der Waals surface area (Å²) >= 11 is 1.56. The van der Waals surface area contributed by atoms with Crippen LogP contribution in [0.2, 0.25) is 0 Å². The third kappa shape index (κ3) is 5.62. The van der Waals surface area contributed by atoms with Gasteiger partial charge in [-0.3, -0.25) is 9.59 Å². The fraction of sp³-hybridized carbons (Fsp3) is 0.750. The molecule has 1 saturated carbocycles. The predicted molar refractivity (Wildman–Crippen MR) is 138 cm³/mol. The first kappa shape index (κ1) is 27.4. The maximum absolute atomic E-state index is 13.3. The Hall–Kier alpha value is -1.61. The van der Waals surface area contributed by atoms with E-state index in [1.54, 1.807) is 32.1 Å². The summed E-state index contributed by atoms with van der Waals surface area (Å²) in [5, 5.41) is 24.9. The number of aliphatic hydroxyl groups is 2. The van der Waals surface area contributed by atoms with E-state index in [1.165, 1.54) is 0 Å². The van der Waals surface area contributed by atoms with Crippen molar-refractivity contribution < 1.29 is 29.3 Å². The summed E-state index contributed by atoms with van der Waals surface area (Å²) < 4.78 is 12.1. The van der Waals surface area contributed by atoms with Crippen molar-refractivity contribution in [2.75, 3.05) is 0 Å². The van der Waals surface area contributed by atoms with Gasteiger partial charge in [-0.05, 0) is 63.0 Å². The molecule has 2 N–H and O–H groups in total. The minimum Gasteiger partial charge on any atom is -0.458 e. The van der Waals surface area contributed by atoms with Crippen LogP contribution in [-0.2, 0) is 19.1 Å². The molecule has 9 atom stereocenters. The fourth-order valence-corrected chi connectivity index (χ4v) is 6.54. The summed E-state index contributed by atoms with van der Waals surface area (Å²) in [4.78, 5) is 30.8. The van der Waals surface area contributed by atoms with Crippen LogP contribution < -0.4 is 0 Å². The van der Waals surface area contributed by atoms with Crippen LogP contribution >= 0.6 is 11.3 Å². The summed E-state index contributed by atoms with van der Waals surface area (Å²) in [6.45, 7) is 13.0. The Morgan fingerprint density at radius 3 is 2.53 bits per heavy atom. The third-order valence-electron chi connectivity index (χ3n) is 8.87. The lowest BCUT2D eigenvalue weighted by atomic mass is 9.72. The Balaban J connectivity index is 1.59. The van der Waals surface area contributed by atoms with E-state index in [1.807, 2.05) is 32.2 Å². The van der Waals surface area contributed by atoms with Crippen molar-refractivity contribution in [2.24, 2.45) is 29.1 Å². The van der Waals surface area contributed by atoms with Gasteiger partial charge in [-0.25, -0.2) is 4.98 Å². The van der Waals surface area contributed by atoms with Crippen LogP contribution in [0.3, 0.4) is 0 Å². The van der Waals surface area contributed by atoms with E-state index in [2.05, 4.69) is 11.9 Å². The van der Waals surface area contributed by atoms with Gasteiger partial charge in [0.25, 0.3) is 0 Å². The van der Waals surface area contributed by atoms with E-state index in [-0.39, 0.29) is 29.8 Å². The first-order valence-electron chi connectivity index (χ1n) is 13.1. The Morgan fingerprint density at radius 2 is 1.89 bits per heavy atom. The largest absolute Gasteiger partial charge is 0.458 e. The van der Waals surface area contributed by atoms with E-state index in [4.69, 9.17) is 9.47 Å². The number of rotatable bonds is 2. The standard InChI is InChI=1S/C28H41NO6S/c1-14(8-19-13-36-17(4)29-19)21-10-23-28(7,35-23)12-18-9-20(18)15(2)25(32)16(3)26(33)27(5,6)22(30)11-24(31)34-21/h8,13,15-16,18,20-23,25,30,32H,9-12H2,1-7H3/b14-8+/t15-,16+,18?,20?,21-,22-,23?,25-,28?/m0/s1. The first-order chi connectivity index (χ1) is 16.7. The number of thiazole rings is 1. The quantitative estimate of drug-likeness (QED) is 0.442. The number of hydrogen-bond donors (Lipinski definition) is 2. The summed E-state index contributed by atoms with van der Waals surface area (Å²) in [5.41, 5.74) is 0.209. The SMILES string of the molecule is C/C(=C\c1csc(C)n1)[C@@H]1CC2OC2(C)CC2CC2[C@H](C)[C@H](O)[C@@H](C)C(=O)C(C)(C)[C@@H](O)CC(=O)O1. The number of aliphatic hydroxyl groups excluding tert-OH is 2. The third-order valence-corrected chi connectivity index (χ3v) is 9.66. The number of nitrogens with zero attached hydrogens (tertiary/aromatic N) is 1. The van der Waals surface area contributed by atoms with Crippen LogP contribution in [0.5, 0.6) is 0 Å². The van der Waals surface area contributed by atoms with Crippen molar-refractivity contribution in [3.63, 3.8) is 0 Å². The zero-order valence-corrected chi connectivity index (χ0v) is 23.3. The molecule has 0 radical (unpaired) electrons. The number of fused-ring (bicyclic) bond motifs is 2. The average molecular weight is 520 g/mol. The molecule has 3 heterocycles. The number of cyclic esters (lactones) is 1. The molecular formula is C28H41NO6S. The van der Waals surface area contributed by atoms with Gasteiger partial charge in [0.15, 0.2) is 0 Å². The maximum atomic E-state index is 13.3. The van der Waals surface area contributed by atoms with Gasteiger partial charge in [0.05, 0.1) is 46.5 Å². The Labute approximate surface area is 218 Å². The fourth-order valence-electron chi connectivity index (χ4n) is 5.97. The van der Waals surface area contributed by atoms with E-state index in [9.17, 15) is 19.8 Å². The number of esters is 1. The van der Waals surface area contributed by atoms with Crippen LogP contribution in [0.1, 0.15) is 77.9 Å². The van der Waals surface area contributed by atoms with Crippen molar-refractivity contribution in [2.45, 2.75) is 104 Å². The van der Waals surface area contributed by atoms with Crippen LogP contribution in [-0.4, -0.2) is 57.0 Å². The molecule has 4 unspecified atom stereocenters. The van der Waals surface area contributed by atoms with Gasteiger partial charge in [-0.1, -0.05) is 27.7 Å². The van der Waals surface area contributed by atoms with Gasteiger partial charge in [0.1, 0.15) is 11.9 Å². The zero-order valence-electron chi connectivity index (χ0n) is 22.5. The van der Waals surface area contributed by atoms with E-state index in [0.717, 1.165) is 29.1 Å². The van der Waals surface area contributed by atoms with E-state index >= 15 is 0 Å². The first-order valence-corrected chi connectivity index (χ1v) is 14.0. The molecule has 2 aliphatic heterocycles. The number of aromatic nitrogens is 1. The molecule has 8 heteroatoms. The predicted octanol–water partition coefficient (Wildman–Crippen LogP) is 4.33. The molecule has 0 aromatic carbocycles. The number of epoxide rings is 1. The molecule has 1 aliphatic carbocycles. The number of hydrogen-bond acceptors (Lipinski definition) is 8. The minimum absolute atomic E-state index is 0.0277. The van der Waals surface area contributed by atoms with E-state index < -0.39 is 35.6 Å². The molecule has 4 rings (SSSR count). The van der Waals surface area contributed by atoms with Gasteiger partial charge < -0.3 is 19.7 Å². The number of aryl methyl sites for hydroxylation is 1.